The predicted octanol–water partition coefficient (Wildman–Crippen LogP) is 6.19. The lowest BCUT2D eigenvalue weighted by Gasteiger charge is -2.44. The van der Waals surface area contributed by atoms with E-state index >= 15 is 0 Å². The second kappa shape index (κ2) is 14.6. The fourth-order valence-corrected chi connectivity index (χ4v) is 5.09. The van der Waals surface area contributed by atoms with Crippen LogP contribution in [0.25, 0.3) is 0 Å². The van der Waals surface area contributed by atoms with Crippen molar-refractivity contribution in [1.29, 1.82) is 5.41 Å². The number of aliphatic hydroxyl groups is 1. The molecule has 2 heterocycles. The first-order chi connectivity index (χ1) is 19.1. The van der Waals surface area contributed by atoms with E-state index in [-0.39, 0.29) is 23.8 Å². The number of piperidine rings is 1. The van der Waals surface area contributed by atoms with Crippen LogP contribution in [0.2, 0.25) is 0 Å². The molecule has 40 heavy (non-hydrogen) atoms. The van der Waals surface area contributed by atoms with Gasteiger partial charge >= 0.3 is 0 Å². The van der Waals surface area contributed by atoms with Gasteiger partial charge in [-0.25, -0.2) is 0 Å². The Morgan fingerprint density at radius 2 is 1.77 bits per heavy atom. The van der Waals surface area contributed by atoms with Crippen molar-refractivity contribution in [3.05, 3.63) is 89.2 Å². The summed E-state index contributed by atoms with van der Waals surface area (Å²) in [7, 11) is 0. The maximum absolute atomic E-state index is 12.7. The Kier molecular flexibility index (Phi) is 11.3. The van der Waals surface area contributed by atoms with Gasteiger partial charge in [0.25, 0.3) is 5.91 Å². The number of amides is 1. The summed E-state index contributed by atoms with van der Waals surface area (Å²) >= 11 is 0. The maximum Gasteiger partial charge on any atom is 0.251 e. The first kappa shape index (κ1) is 30.8. The van der Waals surface area contributed by atoms with Crippen molar-refractivity contribution < 1.29 is 9.90 Å². The molecular weight excluding hydrogens is 498 g/mol. The van der Waals surface area contributed by atoms with Crippen molar-refractivity contribution in [2.45, 2.75) is 85.0 Å². The largest absolute Gasteiger partial charge is 0.398 e. The van der Waals surface area contributed by atoms with Gasteiger partial charge in [-0.2, -0.15) is 0 Å². The minimum absolute atomic E-state index is 0.242. The van der Waals surface area contributed by atoms with Crippen molar-refractivity contribution in [1.82, 2.24) is 10.3 Å². The van der Waals surface area contributed by atoms with Crippen molar-refractivity contribution >= 4 is 23.0 Å². The quantitative estimate of drug-likeness (QED) is 0.200. The van der Waals surface area contributed by atoms with Gasteiger partial charge < -0.3 is 21.1 Å². The number of rotatable bonds is 8. The SMILES string of the molecule is CC(C)C.CCCC1CC(O)CC(C)N1c1ccc(C(=N)c2cc(C(=O)NCc3ccccn3)ccc2N)cc1. The van der Waals surface area contributed by atoms with Crippen LogP contribution < -0.4 is 16.0 Å². The zero-order chi connectivity index (χ0) is 29.2. The van der Waals surface area contributed by atoms with Gasteiger partial charge in [-0.15, -0.1) is 0 Å². The van der Waals surface area contributed by atoms with Crippen molar-refractivity contribution in [2.75, 3.05) is 10.6 Å². The summed E-state index contributed by atoms with van der Waals surface area (Å²) in [6.07, 6.45) is 5.07. The second-order valence-corrected chi connectivity index (χ2v) is 11.3. The molecular formula is C33H45N5O2. The highest BCUT2D eigenvalue weighted by Crippen LogP contribution is 2.32. The summed E-state index contributed by atoms with van der Waals surface area (Å²) in [5.41, 5.74) is 10.5. The molecule has 3 unspecified atom stereocenters. The number of nitrogen functional groups attached to an aromatic ring is 1. The van der Waals surface area contributed by atoms with E-state index in [2.05, 4.69) is 49.8 Å². The van der Waals surface area contributed by atoms with Gasteiger partial charge in [0.05, 0.1) is 24.1 Å². The highest BCUT2D eigenvalue weighted by molar-refractivity contribution is 6.15. The first-order valence-electron chi connectivity index (χ1n) is 14.3. The van der Waals surface area contributed by atoms with Crippen molar-refractivity contribution in [3.8, 4) is 0 Å². The lowest BCUT2D eigenvalue weighted by molar-refractivity contribution is 0.0950. The van der Waals surface area contributed by atoms with Crippen LogP contribution in [0.4, 0.5) is 11.4 Å². The Hall–Kier alpha value is -3.71. The molecule has 0 aliphatic carbocycles. The first-order valence-corrected chi connectivity index (χ1v) is 14.3. The number of pyridine rings is 1. The predicted molar refractivity (Wildman–Crippen MR) is 165 cm³/mol. The molecule has 0 spiro atoms. The molecule has 4 rings (SSSR count). The highest BCUT2D eigenvalue weighted by atomic mass is 16.3. The third-order valence-electron chi connectivity index (χ3n) is 6.84. The number of nitrogens with one attached hydrogen (secondary N) is 2. The van der Waals surface area contributed by atoms with Crippen molar-refractivity contribution in [2.24, 2.45) is 5.92 Å². The summed E-state index contributed by atoms with van der Waals surface area (Å²) in [6, 6.07) is 19.1. The van der Waals surface area contributed by atoms with Crippen LogP contribution in [0.1, 0.15) is 87.5 Å². The Morgan fingerprint density at radius 3 is 2.40 bits per heavy atom. The number of benzene rings is 2. The van der Waals surface area contributed by atoms with Gasteiger partial charge in [0, 0.05) is 46.3 Å². The molecule has 1 aromatic heterocycles. The van der Waals surface area contributed by atoms with Crippen LogP contribution in [0.3, 0.4) is 0 Å². The molecule has 0 bridgehead atoms. The van der Waals surface area contributed by atoms with E-state index in [4.69, 9.17) is 11.1 Å². The Labute approximate surface area is 239 Å². The van der Waals surface area contributed by atoms with Crippen LogP contribution >= 0.6 is 0 Å². The minimum atomic E-state index is -0.253. The highest BCUT2D eigenvalue weighted by Gasteiger charge is 2.32. The van der Waals surface area contributed by atoms with Gasteiger partial charge in [0.2, 0.25) is 0 Å². The average Bonchev–Trinajstić information content (AvgIpc) is 2.92. The molecule has 3 atom stereocenters. The van der Waals surface area contributed by atoms with E-state index in [0.29, 0.717) is 29.4 Å². The molecule has 1 fully saturated rings. The Morgan fingerprint density at radius 1 is 1.10 bits per heavy atom. The Balaban J connectivity index is 0.00000103. The zero-order valence-corrected chi connectivity index (χ0v) is 24.5. The van der Waals surface area contributed by atoms with Gasteiger partial charge in [-0.3, -0.25) is 15.2 Å². The van der Waals surface area contributed by atoms with Gasteiger partial charge in [0.1, 0.15) is 0 Å². The summed E-state index contributed by atoms with van der Waals surface area (Å²) in [5, 5.41) is 21.9. The fraction of sp³-hybridized carbons (Fsp3) is 0.424. The van der Waals surface area contributed by atoms with Crippen LogP contribution in [0.5, 0.6) is 0 Å². The van der Waals surface area contributed by atoms with Crippen LogP contribution in [0.15, 0.2) is 66.9 Å². The second-order valence-electron chi connectivity index (χ2n) is 11.3. The van der Waals surface area contributed by atoms with Crippen LogP contribution in [0, 0.1) is 11.3 Å². The molecule has 0 saturated carbocycles. The van der Waals surface area contributed by atoms with E-state index in [1.807, 2.05) is 42.5 Å². The molecule has 1 amide bonds. The van der Waals surface area contributed by atoms with Gasteiger partial charge in [-0.05, 0) is 74.6 Å². The van der Waals surface area contributed by atoms with Crippen LogP contribution in [-0.4, -0.2) is 39.9 Å². The number of carbonyl (C=O) groups excluding carboxylic acids is 1. The third-order valence-corrected chi connectivity index (χ3v) is 6.84. The fourth-order valence-electron chi connectivity index (χ4n) is 5.09. The Bertz CT molecular complexity index is 1240. The van der Waals surface area contributed by atoms with Gasteiger partial charge in [0.15, 0.2) is 0 Å². The number of hydrogen-bond acceptors (Lipinski definition) is 6. The standard InChI is InChI=1S/C29H35N5O2.C4H10/c1-3-6-24-17-25(35)15-19(2)34(24)23-11-8-20(9-12-23)28(31)26-16-21(10-13-27(26)30)29(36)33-18-22-7-4-5-14-32-22;1-4(2)3/h4-5,7-14,16,19,24-25,31,35H,3,6,15,17-18,30H2,1-2H3,(H,33,36);4H,1-3H3. The lowest BCUT2D eigenvalue weighted by Crippen LogP contribution is -2.49. The number of carbonyl (C=O) groups is 1. The molecule has 5 N–H and O–H groups in total. The average molecular weight is 544 g/mol. The number of nitrogens with zero attached hydrogens (tertiary/aromatic N) is 2. The topological polar surface area (TPSA) is 115 Å². The number of anilines is 2. The zero-order valence-electron chi connectivity index (χ0n) is 24.5. The lowest BCUT2D eigenvalue weighted by atomic mass is 9.90. The molecule has 1 aliphatic rings. The summed E-state index contributed by atoms with van der Waals surface area (Å²) in [6.45, 7) is 11.2. The molecule has 0 radical (unpaired) electrons. The summed E-state index contributed by atoms with van der Waals surface area (Å²) in [5.74, 6) is 0.591. The van der Waals surface area contributed by atoms with Crippen molar-refractivity contribution in [3.63, 3.8) is 0 Å². The smallest absolute Gasteiger partial charge is 0.251 e. The molecule has 1 aliphatic heterocycles. The minimum Gasteiger partial charge on any atom is -0.398 e. The molecule has 214 valence electrons. The third kappa shape index (κ3) is 8.39. The van der Waals surface area contributed by atoms with Gasteiger partial charge in [-0.1, -0.05) is 52.3 Å². The van der Waals surface area contributed by atoms with E-state index in [1.54, 1.807) is 24.4 Å². The van der Waals surface area contributed by atoms with E-state index in [0.717, 1.165) is 48.5 Å². The van der Waals surface area contributed by atoms with Crippen LogP contribution in [-0.2, 0) is 6.54 Å². The molecule has 7 nitrogen and oxygen atoms in total. The normalized spacial score (nSPS) is 18.6. The molecule has 7 heteroatoms. The van der Waals surface area contributed by atoms with E-state index in [9.17, 15) is 9.90 Å². The summed E-state index contributed by atoms with van der Waals surface area (Å²) in [4.78, 5) is 19.4. The van der Waals surface area contributed by atoms with E-state index in [1.165, 1.54) is 0 Å². The monoisotopic (exact) mass is 543 g/mol. The molecule has 3 aromatic rings. The number of aromatic nitrogens is 1. The number of aliphatic hydroxyl groups excluding tert-OH is 1. The number of nitrogens with two attached hydrogens (primary N) is 1. The number of hydrogen-bond donors (Lipinski definition) is 4. The summed E-state index contributed by atoms with van der Waals surface area (Å²) < 4.78 is 0. The molecule has 2 aromatic carbocycles. The molecule has 1 saturated heterocycles. The van der Waals surface area contributed by atoms with E-state index < -0.39 is 0 Å². The maximum atomic E-state index is 12.7.